The molecular weight excluding hydrogens is 304 g/mol. The molecule has 0 radical (unpaired) electrons. The number of carbonyl (C=O) groups is 1. The highest BCUT2D eigenvalue weighted by molar-refractivity contribution is 5.71. The highest BCUT2D eigenvalue weighted by Gasteiger charge is 2.36. The minimum Gasteiger partial charge on any atom is -0.481 e. The molecular formula is C20H22O4. The Morgan fingerprint density at radius 2 is 1.71 bits per heavy atom. The lowest BCUT2D eigenvalue weighted by Crippen LogP contribution is -2.30. The lowest BCUT2D eigenvalue weighted by Gasteiger charge is -2.35. The molecule has 2 N–H and O–H groups in total. The number of carboxylic acid groups (broad SMARTS) is 1. The van der Waals surface area contributed by atoms with E-state index in [4.69, 9.17) is 4.74 Å². The van der Waals surface area contributed by atoms with Crippen LogP contribution < -0.4 is 4.74 Å². The Morgan fingerprint density at radius 1 is 1.00 bits per heavy atom. The van der Waals surface area contributed by atoms with Crippen LogP contribution in [0.4, 0.5) is 0 Å². The zero-order valence-corrected chi connectivity index (χ0v) is 13.6. The molecule has 1 fully saturated rings. The van der Waals surface area contributed by atoms with Gasteiger partial charge in [0.1, 0.15) is 11.5 Å². The predicted molar refractivity (Wildman–Crippen MR) is 91.3 cm³/mol. The van der Waals surface area contributed by atoms with Crippen LogP contribution in [0.5, 0.6) is 11.5 Å². The summed E-state index contributed by atoms with van der Waals surface area (Å²) in [5.41, 5.74) is 0.241. The van der Waals surface area contributed by atoms with Crippen LogP contribution in [0.2, 0.25) is 0 Å². The third-order valence-corrected chi connectivity index (χ3v) is 4.57. The van der Waals surface area contributed by atoms with Gasteiger partial charge in [0.05, 0.1) is 12.0 Å². The Hall–Kier alpha value is -2.33. The molecule has 0 unspecified atom stereocenters. The molecule has 0 atom stereocenters. The monoisotopic (exact) mass is 326 g/mol. The summed E-state index contributed by atoms with van der Waals surface area (Å²) < 4.78 is 6.00. The highest BCUT2D eigenvalue weighted by Crippen LogP contribution is 2.44. The van der Waals surface area contributed by atoms with Crippen molar-refractivity contribution in [2.45, 2.75) is 44.1 Å². The van der Waals surface area contributed by atoms with Gasteiger partial charge in [-0.1, -0.05) is 49.6 Å². The number of ether oxygens (including phenoxy) is 1. The minimum atomic E-state index is -1.02. The maximum atomic E-state index is 11.3. The fourth-order valence-electron chi connectivity index (χ4n) is 3.50. The minimum absolute atomic E-state index is 0.121. The molecule has 126 valence electrons. The molecule has 2 aromatic carbocycles. The number of para-hydroxylation sites is 1. The largest absolute Gasteiger partial charge is 0.481 e. The highest BCUT2D eigenvalue weighted by atomic mass is 16.5. The van der Waals surface area contributed by atoms with Crippen molar-refractivity contribution in [3.05, 3.63) is 59.7 Å². The molecule has 24 heavy (non-hydrogen) atoms. The number of hydrogen-bond acceptors (Lipinski definition) is 3. The van der Waals surface area contributed by atoms with E-state index in [9.17, 15) is 15.0 Å². The maximum Gasteiger partial charge on any atom is 0.307 e. The van der Waals surface area contributed by atoms with Gasteiger partial charge in [0.15, 0.2) is 0 Å². The summed E-state index contributed by atoms with van der Waals surface area (Å²) in [4.78, 5) is 11.3. The zero-order valence-electron chi connectivity index (χ0n) is 13.6. The van der Waals surface area contributed by atoms with Crippen molar-refractivity contribution in [1.82, 2.24) is 0 Å². The van der Waals surface area contributed by atoms with Gasteiger partial charge in [0.25, 0.3) is 0 Å². The molecule has 0 saturated heterocycles. The fraction of sp³-hybridized carbons (Fsp3) is 0.350. The Labute approximate surface area is 141 Å². The number of aliphatic carboxylic acids is 1. The SMILES string of the molecule is O=C(O)Cc1cccc(Oc2ccccc2)c1C1(O)CCCCC1. The normalized spacial score (nSPS) is 16.5. The van der Waals surface area contributed by atoms with Crippen LogP contribution in [-0.4, -0.2) is 16.2 Å². The summed E-state index contributed by atoms with van der Waals surface area (Å²) >= 11 is 0. The predicted octanol–water partition coefficient (Wildman–Crippen LogP) is 4.26. The molecule has 0 heterocycles. The van der Waals surface area contributed by atoms with E-state index in [0.717, 1.165) is 19.3 Å². The molecule has 1 aliphatic rings. The number of aliphatic hydroxyl groups is 1. The van der Waals surface area contributed by atoms with Crippen molar-refractivity contribution in [2.24, 2.45) is 0 Å². The Kier molecular flexibility index (Phi) is 4.86. The molecule has 0 amide bonds. The van der Waals surface area contributed by atoms with E-state index in [1.807, 2.05) is 30.3 Å². The van der Waals surface area contributed by atoms with E-state index in [1.54, 1.807) is 18.2 Å². The lowest BCUT2D eigenvalue weighted by atomic mass is 9.77. The van der Waals surface area contributed by atoms with Gasteiger partial charge in [-0.3, -0.25) is 4.79 Å². The second-order valence-corrected chi connectivity index (χ2v) is 6.37. The summed E-state index contributed by atoms with van der Waals surface area (Å²) in [5, 5.41) is 20.5. The van der Waals surface area contributed by atoms with Crippen LogP contribution in [0.1, 0.15) is 43.2 Å². The van der Waals surface area contributed by atoms with E-state index in [0.29, 0.717) is 35.5 Å². The first-order valence-corrected chi connectivity index (χ1v) is 8.38. The molecule has 0 spiro atoms. The van der Waals surface area contributed by atoms with Crippen molar-refractivity contribution < 1.29 is 19.7 Å². The molecule has 0 aromatic heterocycles. The quantitative estimate of drug-likeness (QED) is 0.861. The molecule has 2 aromatic rings. The Morgan fingerprint density at radius 3 is 2.38 bits per heavy atom. The first kappa shape index (κ1) is 16.5. The zero-order chi connectivity index (χ0) is 17.0. The third-order valence-electron chi connectivity index (χ3n) is 4.57. The van der Waals surface area contributed by atoms with Crippen LogP contribution in [0.3, 0.4) is 0 Å². The summed E-state index contributed by atoms with van der Waals surface area (Å²) in [6.45, 7) is 0. The molecule has 1 saturated carbocycles. The average Bonchev–Trinajstić information content (AvgIpc) is 2.56. The lowest BCUT2D eigenvalue weighted by molar-refractivity contribution is -0.136. The molecule has 4 heteroatoms. The van der Waals surface area contributed by atoms with Crippen molar-refractivity contribution >= 4 is 5.97 Å². The first-order valence-electron chi connectivity index (χ1n) is 8.38. The number of hydrogen-bond donors (Lipinski definition) is 2. The van der Waals surface area contributed by atoms with Gasteiger partial charge in [-0.15, -0.1) is 0 Å². The van der Waals surface area contributed by atoms with Crippen LogP contribution >= 0.6 is 0 Å². The van der Waals surface area contributed by atoms with E-state index < -0.39 is 11.6 Å². The summed E-state index contributed by atoms with van der Waals surface area (Å²) in [5.74, 6) is 0.308. The van der Waals surface area contributed by atoms with Crippen LogP contribution in [-0.2, 0) is 16.8 Å². The average molecular weight is 326 g/mol. The number of rotatable bonds is 5. The molecule has 0 bridgehead atoms. The van der Waals surface area contributed by atoms with Crippen molar-refractivity contribution in [2.75, 3.05) is 0 Å². The topological polar surface area (TPSA) is 66.8 Å². The van der Waals surface area contributed by atoms with E-state index in [2.05, 4.69) is 0 Å². The van der Waals surface area contributed by atoms with Gasteiger partial charge in [-0.25, -0.2) is 0 Å². The summed E-state index contributed by atoms with van der Waals surface area (Å²) in [7, 11) is 0. The first-order chi connectivity index (χ1) is 11.6. The molecule has 0 aliphatic heterocycles. The van der Waals surface area contributed by atoms with Crippen LogP contribution in [0.25, 0.3) is 0 Å². The van der Waals surface area contributed by atoms with Crippen molar-refractivity contribution in [3.8, 4) is 11.5 Å². The molecule has 4 nitrogen and oxygen atoms in total. The smallest absolute Gasteiger partial charge is 0.307 e. The van der Waals surface area contributed by atoms with Gasteiger partial charge < -0.3 is 14.9 Å². The molecule has 1 aliphatic carbocycles. The van der Waals surface area contributed by atoms with E-state index >= 15 is 0 Å². The number of benzene rings is 2. The molecule has 3 rings (SSSR count). The van der Waals surface area contributed by atoms with Gasteiger partial charge in [0.2, 0.25) is 0 Å². The van der Waals surface area contributed by atoms with Crippen molar-refractivity contribution in [1.29, 1.82) is 0 Å². The fourth-order valence-corrected chi connectivity index (χ4v) is 3.50. The Bertz CT molecular complexity index is 703. The second kappa shape index (κ2) is 7.05. The van der Waals surface area contributed by atoms with Gasteiger partial charge in [0, 0.05) is 5.56 Å². The van der Waals surface area contributed by atoms with Crippen LogP contribution in [0, 0.1) is 0 Å². The maximum absolute atomic E-state index is 11.3. The van der Waals surface area contributed by atoms with E-state index in [1.165, 1.54) is 0 Å². The third kappa shape index (κ3) is 3.60. The van der Waals surface area contributed by atoms with Gasteiger partial charge in [-0.05, 0) is 36.6 Å². The standard InChI is InChI=1S/C20H22O4/c21-18(22)14-15-8-7-11-17(24-16-9-3-1-4-10-16)19(15)20(23)12-5-2-6-13-20/h1,3-4,7-11,23H,2,5-6,12-14H2,(H,21,22). The van der Waals surface area contributed by atoms with Crippen molar-refractivity contribution in [3.63, 3.8) is 0 Å². The summed E-state index contributed by atoms with van der Waals surface area (Å²) in [6, 6.07) is 14.7. The van der Waals surface area contributed by atoms with Crippen LogP contribution in [0.15, 0.2) is 48.5 Å². The van der Waals surface area contributed by atoms with E-state index in [-0.39, 0.29) is 6.42 Å². The summed E-state index contributed by atoms with van der Waals surface area (Å²) in [6.07, 6.45) is 4.11. The Balaban J connectivity index is 2.05. The second-order valence-electron chi connectivity index (χ2n) is 6.37. The van der Waals surface area contributed by atoms with Gasteiger partial charge in [-0.2, -0.15) is 0 Å². The van der Waals surface area contributed by atoms with Gasteiger partial charge >= 0.3 is 5.97 Å². The number of carboxylic acids is 1.